The molecule has 1 saturated carbocycles. The van der Waals surface area contributed by atoms with E-state index in [2.05, 4.69) is 5.32 Å². The number of aromatic hydroxyl groups is 1. The van der Waals surface area contributed by atoms with E-state index in [1.807, 2.05) is 48.6 Å². The van der Waals surface area contributed by atoms with Crippen LogP contribution >= 0.6 is 0 Å². The summed E-state index contributed by atoms with van der Waals surface area (Å²) < 4.78 is 17.7. The number of carbonyl (C=O) groups excluding carboxylic acids is 3. The summed E-state index contributed by atoms with van der Waals surface area (Å²) in [5, 5.41) is 23.6. The molecule has 5 aliphatic rings. The fraction of sp³-hybridized carbons (Fsp3) is 0.485. The summed E-state index contributed by atoms with van der Waals surface area (Å²) in [6.07, 6.45) is 3.07. The third kappa shape index (κ3) is 5.10. The summed E-state index contributed by atoms with van der Waals surface area (Å²) in [6.45, 7) is 0.439. The van der Waals surface area contributed by atoms with Crippen LogP contribution in [0.3, 0.4) is 0 Å². The molecule has 45 heavy (non-hydrogen) atoms. The average Bonchev–Trinajstić information content (AvgIpc) is 3.80. The molecule has 1 aliphatic carbocycles. The number of esters is 1. The molecule has 7 rings (SSSR count). The van der Waals surface area contributed by atoms with Gasteiger partial charge >= 0.3 is 5.97 Å². The lowest BCUT2D eigenvalue weighted by molar-refractivity contribution is -0.204. The lowest BCUT2D eigenvalue weighted by Gasteiger charge is -2.50. The fourth-order valence-electron chi connectivity index (χ4n) is 7.66. The first kappa shape index (κ1) is 29.9. The van der Waals surface area contributed by atoms with Gasteiger partial charge in [-0.3, -0.25) is 19.2 Å². The number of ether oxygens (including phenoxy) is 3. The Morgan fingerprint density at radius 3 is 2.67 bits per heavy atom. The quantitative estimate of drug-likeness (QED) is 0.351. The Hall–Kier alpha value is -3.81. The van der Waals surface area contributed by atoms with E-state index in [-0.39, 0.29) is 50.5 Å². The lowest BCUT2D eigenvalue weighted by atomic mass is 9.62. The van der Waals surface area contributed by atoms with E-state index in [0.29, 0.717) is 25.8 Å². The minimum Gasteiger partial charge on any atom is -0.508 e. The van der Waals surface area contributed by atoms with Crippen molar-refractivity contribution in [2.45, 2.75) is 68.7 Å². The number of rotatable bonds is 9. The molecule has 4 aliphatic heterocycles. The highest BCUT2D eigenvalue weighted by Gasteiger charge is 2.75. The molecular formula is C33H37N3O9. The van der Waals surface area contributed by atoms with E-state index in [0.717, 1.165) is 16.7 Å². The van der Waals surface area contributed by atoms with Crippen molar-refractivity contribution < 1.29 is 43.6 Å². The monoisotopic (exact) mass is 619 g/mol. The number of phenolic OH excluding ortho intramolecular Hbond substituents is 1. The van der Waals surface area contributed by atoms with Crippen molar-refractivity contribution in [1.29, 1.82) is 0 Å². The van der Waals surface area contributed by atoms with Gasteiger partial charge in [0.2, 0.25) is 11.8 Å². The van der Waals surface area contributed by atoms with E-state index in [4.69, 9.17) is 19.0 Å². The second-order valence-electron chi connectivity index (χ2n) is 12.2. The number of hydrogen-bond donors (Lipinski definition) is 3. The largest absolute Gasteiger partial charge is 0.508 e. The van der Waals surface area contributed by atoms with E-state index in [1.54, 1.807) is 22.1 Å². The third-order valence-corrected chi connectivity index (χ3v) is 9.71. The number of hydrogen-bond acceptors (Lipinski definition) is 10. The van der Waals surface area contributed by atoms with Gasteiger partial charge in [-0.25, -0.2) is 0 Å². The summed E-state index contributed by atoms with van der Waals surface area (Å²) in [4.78, 5) is 49.7. The summed E-state index contributed by atoms with van der Waals surface area (Å²) in [5.41, 5.74) is 1.22. The number of carbonyl (C=O) groups is 3. The molecule has 0 aromatic heterocycles. The Morgan fingerprint density at radius 2 is 1.84 bits per heavy atom. The average molecular weight is 620 g/mol. The maximum absolute atomic E-state index is 14.7. The predicted octanol–water partition coefficient (Wildman–Crippen LogP) is 1.29. The number of nitrogens with one attached hydrogen (secondary N) is 1. The summed E-state index contributed by atoms with van der Waals surface area (Å²) in [7, 11) is 0. The standard InChI is InChI=1S/C33H37N3O9/c37-16-14-34-30(39)23-12-6-15-35(23)32(41)33-17-25-26-27(43-19-42-26)29(33)45-36(28(33)31(40)44-25)18-22-9-2-1-7-20(22)10-5-11-21-8-3-4-13-24(21)38/h1-5,7-10,13,23,25-29,37-38H,6,11-12,14-19H2,(H,34,39). The molecule has 12 nitrogen and oxygen atoms in total. The lowest BCUT2D eigenvalue weighted by Crippen LogP contribution is -2.70. The van der Waals surface area contributed by atoms with Gasteiger partial charge in [-0.1, -0.05) is 54.6 Å². The van der Waals surface area contributed by atoms with Gasteiger partial charge in [0.1, 0.15) is 48.4 Å². The van der Waals surface area contributed by atoms with Gasteiger partial charge in [-0.15, -0.1) is 0 Å². The molecule has 12 heteroatoms. The number of benzene rings is 2. The Morgan fingerprint density at radius 1 is 1.07 bits per heavy atom. The predicted molar refractivity (Wildman–Crippen MR) is 158 cm³/mol. The zero-order valence-electron chi connectivity index (χ0n) is 24.7. The second kappa shape index (κ2) is 12.2. The molecule has 7 atom stereocenters. The summed E-state index contributed by atoms with van der Waals surface area (Å²) in [6, 6.07) is 13.1. The normalized spacial score (nSPS) is 32.1. The smallest absolute Gasteiger partial charge is 0.327 e. The van der Waals surface area contributed by atoms with Gasteiger partial charge in [-0.05, 0) is 42.0 Å². The van der Waals surface area contributed by atoms with Gasteiger partial charge in [0, 0.05) is 19.5 Å². The van der Waals surface area contributed by atoms with Crippen LogP contribution in [0.25, 0.3) is 6.08 Å². The van der Waals surface area contributed by atoms with E-state index < -0.39 is 47.9 Å². The number of para-hydroxylation sites is 1. The number of likely N-dealkylation sites (tertiary alicyclic amines) is 1. The molecule has 4 saturated heterocycles. The van der Waals surface area contributed by atoms with Gasteiger partial charge in [-0.2, -0.15) is 5.06 Å². The summed E-state index contributed by atoms with van der Waals surface area (Å²) in [5.74, 6) is -0.989. The van der Waals surface area contributed by atoms with Gasteiger partial charge in [0.05, 0.1) is 13.2 Å². The Labute approximate surface area is 260 Å². The minimum absolute atomic E-state index is 0.00131. The first-order chi connectivity index (χ1) is 21.9. The van der Waals surface area contributed by atoms with Crippen LogP contribution in [-0.4, -0.2) is 101 Å². The Balaban J connectivity index is 1.20. The third-order valence-electron chi connectivity index (χ3n) is 9.71. The van der Waals surface area contributed by atoms with Crippen LogP contribution in [0.5, 0.6) is 5.75 Å². The number of hydroxylamine groups is 2. The molecule has 0 radical (unpaired) electrons. The van der Waals surface area contributed by atoms with Crippen molar-refractivity contribution in [3.8, 4) is 5.75 Å². The van der Waals surface area contributed by atoms with Crippen molar-refractivity contribution >= 4 is 23.9 Å². The number of allylic oxidation sites excluding steroid dienone is 1. The number of amides is 2. The number of aliphatic hydroxyl groups is 1. The topological polar surface area (TPSA) is 147 Å². The van der Waals surface area contributed by atoms with E-state index >= 15 is 0 Å². The minimum atomic E-state index is -1.34. The number of fused-ring (bicyclic) bond motifs is 4. The molecule has 2 amide bonds. The molecule has 3 N–H and O–H groups in total. The summed E-state index contributed by atoms with van der Waals surface area (Å²) >= 11 is 0. The molecule has 5 fully saturated rings. The highest BCUT2D eigenvalue weighted by Crippen LogP contribution is 2.56. The van der Waals surface area contributed by atoms with E-state index in [9.17, 15) is 24.6 Å². The van der Waals surface area contributed by atoms with Crippen molar-refractivity contribution in [1.82, 2.24) is 15.3 Å². The highest BCUT2D eigenvalue weighted by molar-refractivity contribution is 5.96. The first-order valence-electron chi connectivity index (χ1n) is 15.5. The SMILES string of the molecule is O=C(NCCO)C1CCCN1C(=O)C12CC3OC(=O)C1N(Cc1ccccc1C=CCc1ccccc1O)OC2C1OCOC31. The maximum Gasteiger partial charge on any atom is 0.327 e. The van der Waals surface area contributed by atoms with Gasteiger partial charge in [0.15, 0.2) is 6.04 Å². The van der Waals surface area contributed by atoms with Crippen molar-refractivity contribution in [2.24, 2.45) is 5.41 Å². The van der Waals surface area contributed by atoms with Crippen LogP contribution in [-0.2, 0) is 46.4 Å². The van der Waals surface area contributed by atoms with Crippen LogP contribution < -0.4 is 5.32 Å². The van der Waals surface area contributed by atoms with Crippen LogP contribution in [0.4, 0.5) is 0 Å². The fourth-order valence-corrected chi connectivity index (χ4v) is 7.66. The maximum atomic E-state index is 14.7. The molecule has 2 aromatic carbocycles. The molecule has 2 bridgehead atoms. The molecule has 0 spiro atoms. The highest BCUT2D eigenvalue weighted by atomic mass is 16.8. The van der Waals surface area contributed by atoms with Crippen molar-refractivity contribution in [3.05, 3.63) is 71.3 Å². The van der Waals surface area contributed by atoms with Crippen LogP contribution in [0, 0.1) is 5.41 Å². The zero-order valence-corrected chi connectivity index (χ0v) is 24.7. The Bertz CT molecular complexity index is 1500. The molecule has 7 unspecified atom stereocenters. The Kier molecular flexibility index (Phi) is 8.09. The molecular weight excluding hydrogens is 582 g/mol. The molecule has 4 heterocycles. The van der Waals surface area contributed by atoms with Crippen molar-refractivity contribution in [2.75, 3.05) is 26.5 Å². The zero-order chi connectivity index (χ0) is 31.1. The molecule has 2 aromatic rings. The number of nitrogens with zero attached hydrogens (tertiary/aromatic N) is 2. The molecule has 238 valence electrons. The van der Waals surface area contributed by atoms with Crippen LogP contribution in [0.1, 0.15) is 36.0 Å². The van der Waals surface area contributed by atoms with Crippen molar-refractivity contribution in [3.63, 3.8) is 0 Å². The van der Waals surface area contributed by atoms with E-state index in [1.165, 1.54) is 0 Å². The van der Waals surface area contributed by atoms with Gasteiger partial charge < -0.3 is 34.6 Å². The number of phenols is 1. The van der Waals surface area contributed by atoms with Crippen LogP contribution in [0.15, 0.2) is 54.6 Å². The number of aliphatic hydroxyl groups excluding tert-OH is 1. The second-order valence-corrected chi connectivity index (χ2v) is 12.2. The van der Waals surface area contributed by atoms with Crippen LogP contribution in [0.2, 0.25) is 0 Å². The van der Waals surface area contributed by atoms with Gasteiger partial charge in [0.25, 0.3) is 0 Å². The first-order valence-corrected chi connectivity index (χ1v) is 15.5.